The number of pyridine rings is 3. The van der Waals surface area contributed by atoms with Gasteiger partial charge in [-0.25, -0.2) is 15.0 Å². The zero-order valence-electron chi connectivity index (χ0n) is 23.7. The molecule has 1 aromatic carbocycles. The van der Waals surface area contributed by atoms with Gasteiger partial charge in [0.15, 0.2) is 0 Å². The highest BCUT2D eigenvalue weighted by atomic mass is 19.4. The zero-order valence-corrected chi connectivity index (χ0v) is 23.7. The molecule has 0 unspecified atom stereocenters. The third kappa shape index (κ3) is 6.15. The number of nitrogens with zero attached hydrogens (tertiary/aromatic N) is 4. The van der Waals surface area contributed by atoms with E-state index in [0.29, 0.717) is 30.3 Å². The van der Waals surface area contributed by atoms with Crippen LogP contribution in [0.3, 0.4) is 0 Å². The number of nitrogens with one attached hydrogen (secondary N) is 3. The maximum Gasteiger partial charge on any atom is 0.416 e. The summed E-state index contributed by atoms with van der Waals surface area (Å²) in [7, 11) is 0. The Morgan fingerprint density at radius 2 is 1.74 bits per heavy atom. The summed E-state index contributed by atoms with van der Waals surface area (Å²) in [6.07, 6.45) is -0.0337. The number of amides is 1. The lowest BCUT2D eigenvalue weighted by Crippen LogP contribution is -2.42. The van der Waals surface area contributed by atoms with Crippen molar-refractivity contribution in [3.8, 4) is 11.3 Å². The lowest BCUT2D eigenvalue weighted by Gasteiger charge is -2.32. The number of hydrogen-bond acceptors (Lipinski definition) is 6. The Labute approximate surface area is 246 Å². The summed E-state index contributed by atoms with van der Waals surface area (Å²) in [6, 6.07) is 17.4. The van der Waals surface area contributed by atoms with Crippen LogP contribution in [0.4, 0.5) is 30.6 Å². The van der Waals surface area contributed by atoms with Gasteiger partial charge in [0.2, 0.25) is 0 Å². The van der Waals surface area contributed by atoms with Crippen molar-refractivity contribution in [3.05, 3.63) is 95.4 Å². The standard InChI is InChI=1S/C32H30F3N7O/c1-19-15-26(39-29(16-19)41-28-17-22(9-12-36-28)32(33,34)35)21-7-8-27(37-18-21)38-23-10-13-42(14-11-23)31(43)30-20(2)24-5-3-4-6-25(24)40-30/h3-9,12,15-18,23,40H,10-11,13-14H2,1-2H3,(H,37,38)(H,36,39,41). The fraction of sp³-hybridized carbons (Fsp3) is 0.250. The van der Waals surface area contributed by atoms with E-state index in [1.54, 1.807) is 12.3 Å². The van der Waals surface area contributed by atoms with E-state index in [2.05, 4.69) is 30.6 Å². The van der Waals surface area contributed by atoms with E-state index in [-0.39, 0.29) is 17.8 Å². The lowest BCUT2D eigenvalue weighted by molar-refractivity contribution is -0.137. The largest absolute Gasteiger partial charge is 0.416 e. The first-order chi connectivity index (χ1) is 20.6. The number of piperidine rings is 1. The fourth-order valence-corrected chi connectivity index (χ4v) is 5.41. The normalized spacial score (nSPS) is 14.2. The Morgan fingerprint density at radius 1 is 0.953 bits per heavy atom. The van der Waals surface area contributed by atoms with Gasteiger partial charge in [-0.05, 0) is 80.3 Å². The third-order valence-corrected chi connectivity index (χ3v) is 7.69. The summed E-state index contributed by atoms with van der Waals surface area (Å²) < 4.78 is 39.3. The molecule has 1 aliphatic rings. The Hall–Kier alpha value is -4.93. The van der Waals surface area contributed by atoms with Crippen LogP contribution in [0.25, 0.3) is 22.2 Å². The van der Waals surface area contributed by atoms with Crippen LogP contribution >= 0.6 is 0 Å². The van der Waals surface area contributed by atoms with Crippen LogP contribution in [-0.4, -0.2) is 49.9 Å². The lowest BCUT2D eigenvalue weighted by atomic mass is 10.0. The first-order valence-corrected chi connectivity index (χ1v) is 14.0. The van der Waals surface area contributed by atoms with E-state index < -0.39 is 11.7 Å². The SMILES string of the molecule is Cc1cc(Nc2cc(C(F)(F)F)ccn2)nc(-c2ccc(NC3CCN(C(=O)c4[nH]c5ccccc5c4C)CC3)nc2)c1. The van der Waals surface area contributed by atoms with E-state index in [1.165, 1.54) is 0 Å². The molecule has 1 amide bonds. The second-order valence-corrected chi connectivity index (χ2v) is 10.8. The summed E-state index contributed by atoms with van der Waals surface area (Å²) in [5.41, 5.74) is 4.09. The minimum absolute atomic E-state index is 0.0259. The Morgan fingerprint density at radius 3 is 2.47 bits per heavy atom. The van der Waals surface area contributed by atoms with Crippen LogP contribution in [0.1, 0.15) is 40.0 Å². The highest BCUT2D eigenvalue weighted by Gasteiger charge is 2.31. The number of carbonyl (C=O) groups is 1. The van der Waals surface area contributed by atoms with Gasteiger partial charge in [0, 0.05) is 48.0 Å². The first-order valence-electron chi connectivity index (χ1n) is 14.0. The number of aryl methyl sites for hydroxylation is 2. The first kappa shape index (κ1) is 28.2. The van der Waals surface area contributed by atoms with E-state index in [4.69, 9.17) is 0 Å². The molecule has 0 spiro atoms. The quantitative estimate of drug-likeness (QED) is 0.196. The van der Waals surface area contributed by atoms with E-state index in [1.807, 2.05) is 61.2 Å². The molecule has 1 fully saturated rings. The van der Waals surface area contributed by atoms with Crippen LogP contribution in [0.5, 0.6) is 0 Å². The van der Waals surface area contributed by atoms with Gasteiger partial charge in [-0.3, -0.25) is 4.79 Å². The topological polar surface area (TPSA) is 98.8 Å². The van der Waals surface area contributed by atoms with Crippen molar-refractivity contribution in [3.63, 3.8) is 0 Å². The summed E-state index contributed by atoms with van der Waals surface area (Å²) in [4.78, 5) is 31.6. The molecule has 4 aromatic heterocycles. The van der Waals surface area contributed by atoms with Crippen LogP contribution in [-0.2, 0) is 6.18 Å². The minimum Gasteiger partial charge on any atom is -0.367 e. The summed E-state index contributed by atoms with van der Waals surface area (Å²) in [6.45, 7) is 5.16. The number of fused-ring (bicyclic) bond motifs is 1. The number of likely N-dealkylation sites (tertiary alicyclic amines) is 1. The summed E-state index contributed by atoms with van der Waals surface area (Å²) in [5.74, 6) is 1.19. The van der Waals surface area contributed by atoms with Crippen molar-refractivity contribution >= 4 is 34.3 Å². The predicted molar refractivity (Wildman–Crippen MR) is 160 cm³/mol. The molecule has 8 nitrogen and oxygen atoms in total. The summed E-state index contributed by atoms with van der Waals surface area (Å²) >= 11 is 0. The smallest absolute Gasteiger partial charge is 0.367 e. The molecular weight excluding hydrogens is 555 g/mol. The maximum absolute atomic E-state index is 13.2. The third-order valence-electron chi connectivity index (χ3n) is 7.69. The second-order valence-electron chi connectivity index (χ2n) is 10.8. The van der Waals surface area contributed by atoms with Gasteiger partial charge < -0.3 is 20.5 Å². The average Bonchev–Trinajstić information content (AvgIpc) is 3.33. The van der Waals surface area contributed by atoms with Gasteiger partial charge >= 0.3 is 6.18 Å². The molecule has 0 radical (unpaired) electrons. The number of aromatic nitrogens is 4. The predicted octanol–water partition coefficient (Wildman–Crippen LogP) is 7.12. The number of carbonyl (C=O) groups excluding carboxylic acids is 1. The summed E-state index contributed by atoms with van der Waals surface area (Å²) in [5, 5.41) is 7.42. The highest BCUT2D eigenvalue weighted by molar-refractivity contribution is 6.00. The van der Waals surface area contributed by atoms with Crippen LogP contribution < -0.4 is 10.6 Å². The molecule has 5 aromatic rings. The van der Waals surface area contributed by atoms with Gasteiger partial charge in [0.25, 0.3) is 5.91 Å². The van der Waals surface area contributed by atoms with Crippen molar-refractivity contribution in [1.82, 2.24) is 24.8 Å². The number of para-hydroxylation sites is 1. The molecule has 220 valence electrons. The Kier molecular flexibility index (Phi) is 7.47. The van der Waals surface area contributed by atoms with E-state index in [9.17, 15) is 18.0 Å². The van der Waals surface area contributed by atoms with Gasteiger partial charge in [-0.1, -0.05) is 18.2 Å². The van der Waals surface area contributed by atoms with E-state index in [0.717, 1.165) is 64.6 Å². The molecule has 5 heterocycles. The van der Waals surface area contributed by atoms with Crippen molar-refractivity contribution in [2.45, 2.75) is 38.9 Å². The van der Waals surface area contributed by atoms with Gasteiger partial charge in [-0.2, -0.15) is 13.2 Å². The molecule has 0 atom stereocenters. The van der Waals surface area contributed by atoms with Gasteiger partial charge in [-0.15, -0.1) is 0 Å². The average molecular weight is 586 g/mol. The number of anilines is 3. The number of H-pyrrole nitrogens is 1. The molecule has 1 aliphatic heterocycles. The number of benzene rings is 1. The van der Waals surface area contributed by atoms with Crippen molar-refractivity contribution in [1.29, 1.82) is 0 Å². The molecule has 6 rings (SSSR count). The van der Waals surface area contributed by atoms with Crippen molar-refractivity contribution < 1.29 is 18.0 Å². The van der Waals surface area contributed by atoms with Gasteiger partial charge in [0.05, 0.1) is 11.3 Å². The monoisotopic (exact) mass is 585 g/mol. The number of aromatic amines is 1. The van der Waals surface area contributed by atoms with Crippen molar-refractivity contribution in [2.75, 3.05) is 23.7 Å². The molecule has 43 heavy (non-hydrogen) atoms. The molecule has 0 saturated carbocycles. The highest BCUT2D eigenvalue weighted by Crippen LogP contribution is 2.31. The maximum atomic E-state index is 13.2. The zero-order chi connectivity index (χ0) is 30.1. The number of rotatable bonds is 6. The molecule has 0 aliphatic carbocycles. The van der Waals surface area contributed by atoms with Crippen LogP contribution in [0.2, 0.25) is 0 Å². The Bertz CT molecular complexity index is 1770. The number of halogens is 3. The van der Waals surface area contributed by atoms with Crippen molar-refractivity contribution in [2.24, 2.45) is 0 Å². The van der Waals surface area contributed by atoms with Gasteiger partial charge in [0.1, 0.15) is 23.1 Å². The second kappa shape index (κ2) is 11.4. The van der Waals surface area contributed by atoms with Crippen LogP contribution in [0.15, 0.2) is 73.1 Å². The Balaban J connectivity index is 1.08. The molecule has 0 bridgehead atoms. The number of alkyl halides is 3. The minimum atomic E-state index is -4.46. The molecule has 3 N–H and O–H groups in total. The van der Waals surface area contributed by atoms with Crippen LogP contribution in [0, 0.1) is 13.8 Å². The fourth-order valence-electron chi connectivity index (χ4n) is 5.41. The molecule has 11 heteroatoms. The molecule has 1 saturated heterocycles. The molecular formula is C32H30F3N7O. The number of hydrogen-bond donors (Lipinski definition) is 3. The van der Waals surface area contributed by atoms with E-state index >= 15 is 0 Å².